The molecule has 0 aliphatic carbocycles. The molecule has 9 heteroatoms. The molecule has 2 aromatic carbocycles. The van der Waals surface area contributed by atoms with E-state index >= 15 is 0 Å². The minimum atomic E-state index is -0.497. The summed E-state index contributed by atoms with van der Waals surface area (Å²) in [6.07, 6.45) is 2.99. The largest absolute Gasteiger partial charge is 0.494 e. The van der Waals surface area contributed by atoms with Gasteiger partial charge in [0.05, 0.1) is 18.2 Å². The first-order chi connectivity index (χ1) is 19.3. The highest BCUT2D eigenvalue weighted by Crippen LogP contribution is 2.32. The maximum atomic E-state index is 13.8. The van der Waals surface area contributed by atoms with Crippen molar-refractivity contribution in [2.75, 3.05) is 19.8 Å². The molecule has 1 N–H and O–H groups in total. The molecule has 2 aromatic heterocycles. The van der Waals surface area contributed by atoms with Crippen LogP contribution in [0.5, 0.6) is 5.75 Å². The number of hydrogen-bond acceptors (Lipinski definition) is 7. The lowest BCUT2D eigenvalue weighted by Crippen LogP contribution is -2.40. The second kappa shape index (κ2) is 11.9. The summed E-state index contributed by atoms with van der Waals surface area (Å²) in [4.78, 5) is 19.2. The predicted molar refractivity (Wildman–Crippen MR) is 156 cm³/mol. The van der Waals surface area contributed by atoms with Crippen LogP contribution in [0, 0.1) is 0 Å². The van der Waals surface area contributed by atoms with Gasteiger partial charge in [-0.3, -0.25) is 9.69 Å². The molecule has 0 bridgehead atoms. The monoisotopic (exact) mass is 544 g/mol. The van der Waals surface area contributed by atoms with Crippen LogP contribution in [0.4, 0.5) is 0 Å². The van der Waals surface area contributed by atoms with Crippen molar-refractivity contribution in [3.63, 3.8) is 0 Å². The third-order valence-corrected chi connectivity index (χ3v) is 7.46. The number of pyridine rings is 1. The van der Waals surface area contributed by atoms with Gasteiger partial charge in [0.2, 0.25) is 0 Å². The number of tetrazole rings is 1. The van der Waals surface area contributed by atoms with Crippen LogP contribution in [0.25, 0.3) is 10.9 Å². The molecule has 0 spiro atoms. The van der Waals surface area contributed by atoms with Gasteiger partial charge in [-0.15, -0.1) is 5.10 Å². The number of ether oxygens (including phenoxy) is 2. The average Bonchev–Trinajstić information content (AvgIpc) is 3.63. The Morgan fingerprint density at radius 3 is 2.58 bits per heavy atom. The Bertz CT molecular complexity index is 1480. The molecule has 3 heterocycles. The number of H-pyrrole nitrogens is 1. The summed E-state index contributed by atoms with van der Waals surface area (Å²) in [5.41, 5.74) is 3.22. The second-order valence-corrected chi connectivity index (χ2v) is 11.5. The van der Waals surface area contributed by atoms with Crippen LogP contribution in [0.1, 0.15) is 76.0 Å². The van der Waals surface area contributed by atoms with Gasteiger partial charge in [0.25, 0.3) is 5.56 Å². The van der Waals surface area contributed by atoms with Crippen LogP contribution in [0.15, 0.2) is 53.3 Å². The van der Waals surface area contributed by atoms with Crippen LogP contribution in [-0.4, -0.2) is 56.0 Å². The zero-order valence-electron chi connectivity index (χ0n) is 24.2. The number of fused-ring (bicyclic) bond motifs is 1. The number of aromatic nitrogens is 5. The van der Waals surface area contributed by atoms with Crippen molar-refractivity contribution in [1.29, 1.82) is 0 Å². The van der Waals surface area contributed by atoms with Gasteiger partial charge in [-0.2, -0.15) is 0 Å². The molecule has 1 fully saturated rings. The lowest BCUT2D eigenvalue weighted by atomic mass is 9.99. The van der Waals surface area contributed by atoms with Crippen LogP contribution in [0.2, 0.25) is 0 Å². The van der Waals surface area contributed by atoms with Crippen molar-refractivity contribution in [2.45, 2.75) is 78.1 Å². The van der Waals surface area contributed by atoms with Crippen LogP contribution in [0.3, 0.4) is 0 Å². The third-order valence-electron chi connectivity index (χ3n) is 7.46. The van der Waals surface area contributed by atoms with Gasteiger partial charge in [0.1, 0.15) is 11.8 Å². The first-order valence-corrected chi connectivity index (χ1v) is 14.3. The Balaban J connectivity index is 1.66. The van der Waals surface area contributed by atoms with E-state index in [1.54, 1.807) is 0 Å². The summed E-state index contributed by atoms with van der Waals surface area (Å²) in [6, 6.07) is 15.9. The van der Waals surface area contributed by atoms with Crippen LogP contribution < -0.4 is 10.3 Å². The van der Waals surface area contributed by atoms with E-state index < -0.39 is 6.04 Å². The Kier molecular flexibility index (Phi) is 8.32. The molecular weight excluding hydrogens is 504 g/mol. The van der Waals surface area contributed by atoms with Gasteiger partial charge >= 0.3 is 0 Å². The highest BCUT2D eigenvalue weighted by Gasteiger charge is 2.35. The topological polar surface area (TPSA) is 98.2 Å². The van der Waals surface area contributed by atoms with Crippen molar-refractivity contribution in [3.05, 3.63) is 81.4 Å². The average molecular weight is 545 g/mol. The Hall–Kier alpha value is -3.56. The summed E-state index contributed by atoms with van der Waals surface area (Å²) < 4.78 is 13.6. The molecule has 2 atom stereocenters. The molecule has 0 amide bonds. The van der Waals surface area contributed by atoms with Crippen molar-refractivity contribution < 1.29 is 9.47 Å². The summed E-state index contributed by atoms with van der Waals surface area (Å²) in [5, 5.41) is 14.0. The summed E-state index contributed by atoms with van der Waals surface area (Å²) in [5.74, 6) is 1.47. The van der Waals surface area contributed by atoms with E-state index in [9.17, 15) is 4.79 Å². The highest BCUT2D eigenvalue weighted by molar-refractivity contribution is 5.80. The lowest BCUT2D eigenvalue weighted by Gasteiger charge is -2.34. The van der Waals surface area contributed by atoms with Gasteiger partial charge in [-0.25, -0.2) is 4.68 Å². The van der Waals surface area contributed by atoms with Gasteiger partial charge in [0.15, 0.2) is 5.82 Å². The SMILES string of the molecule is CCOc1ccc(CN(C[C@@H]2CCCO2)[C@@H](c2cc3cc(CC)ccc3[nH]c2=O)c2nnnn2C(C)(C)C)cc1. The number of nitrogens with one attached hydrogen (secondary N) is 1. The summed E-state index contributed by atoms with van der Waals surface area (Å²) in [7, 11) is 0. The van der Waals surface area contributed by atoms with E-state index in [0.717, 1.165) is 48.1 Å². The van der Waals surface area contributed by atoms with Gasteiger partial charge in [-0.05, 0) is 104 Å². The Morgan fingerprint density at radius 2 is 1.90 bits per heavy atom. The van der Waals surface area contributed by atoms with Crippen molar-refractivity contribution in [2.24, 2.45) is 0 Å². The number of nitrogens with zero attached hydrogens (tertiary/aromatic N) is 5. The number of aromatic amines is 1. The molecule has 0 saturated carbocycles. The minimum Gasteiger partial charge on any atom is -0.494 e. The molecule has 40 heavy (non-hydrogen) atoms. The van der Waals surface area contributed by atoms with E-state index in [4.69, 9.17) is 9.47 Å². The second-order valence-electron chi connectivity index (χ2n) is 11.5. The van der Waals surface area contributed by atoms with E-state index in [1.165, 1.54) is 5.56 Å². The van der Waals surface area contributed by atoms with Crippen molar-refractivity contribution in [3.8, 4) is 5.75 Å². The van der Waals surface area contributed by atoms with E-state index in [-0.39, 0.29) is 17.2 Å². The number of hydrogen-bond donors (Lipinski definition) is 1. The summed E-state index contributed by atoms with van der Waals surface area (Å²) in [6.45, 7) is 12.9. The smallest absolute Gasteiger partial charge is 0.253 e. The van der Waals surface area contributed by atoms with E-state index in [2.05, 4.69) is 77.4 Å². The molecule has 0 radical (unpaired) electrons. The first kappa shape index (κ1) is 28.0. The van der Waals surface area contributed by atoms with E-state index in [0.29, 0.717) is 31.1 Å². The fourth-order valence-corrected chi connectivity index (χ4v) is 5.44. The molecule has 5 rings (SSSR count). The molecule has 1 aliphatic heterocycles. The molecule has 4 aromatic rings. The fourth-order valence-electron chi connectivity index (χ4n) is 5.44. The Morgan fingerprint density at radius 1 is 1.12 bits per heavy atom. The van der Waals surface area contributed by atoms with Crippen LogP contribution in [-0.2, 0) is 23.2 Å². The maximum absolute atomic E-state index is 13.8. The first-order valence-electron chi connectivity index (χ1n) is 14.3. The Labute approximate surface area is 235 Å². The quantitative estimate of drug-likeness (QED) is 0.300. The zero-order chi connectivity index (χ0) is 28.3. The molecule has 9 nitrogen and oxygen atoms in total. The summed E-state index contributed by atoms with van der Waals surface area (Å²) >= 11 is 0. The number of rotatable bonds is 10. The fraction of sp³-hybridized carbons (Fsp3) is 0.484. The molecular formula is C31H40N6O3. The van der Waals surface area contributed by atoms with Crippen LogP contribution >= 0.6 is 0 Å². The van der Waals surface area contributed by atoms with E-state index in [1.807, 2.05) is 35.9 Å². The number of benzene rings is 2. The molecule has 1 aliphatic rings. The van der Waals surface area contributed by atoms with Gasteiger partial charge < -0.3 is 14.5 Å². The normalized spacial score (nSPS) is 16.6. The van der Waals surface area contributed by atoms with Gasteiger partial charge in [-0.1, -0.05) is 25.1 Å². The minimum absolute atomic E-state index is 0.0652. The van der Waals surface area contributed by atoms with Crippen molar-refractivity contribution in [1.82, 2.24) is 30.1 Å². The molecule has 0 unspecified atom stereocenters. The maximum Gasteiger partial charge on any atom is 0.253 e. The predicted octanol–water partition coefficient (Wildman–Crippen LogP) is 5.00. The lowest BCUT2D eigenvalue weighted by molar-refractivity contribution is 0.0564. The van der Waals surface area contributed by atoms with Crippen molar-refractivity contribution >= 4 is 10.9 Å². The highest BCUT2D eigenvalue weighted by atomic mass is 16.5. The zero-order valence-corrected chi connectivity index (χ0v) is 24.2. The standard InChI is InChI=1S/C31H40N6O3/c1-6-21-12-15-27-23(17-21)18-26(30(38)32-27)28(29-33-34-35-37(29)31(3,4)5)36(20-25-9-8-16-40-25)19-22-10-13-24(14-11-22)39-7-2/h10-15,17-18,25,28H,6-9,16,19-20H2,1-5H3,(H,32,38)/t25-,28-/m0/s1. The molecule has 212 valence electrons. The third kappa shape index (κ3) is 6.10. The molecule has 1 saturated heterocycles. The number of aryl methyl sites for hydroxylation is 1. The van der Waals surface area contributed by atoms with Gasteiger partial charge in [0, 0.05) is 30.8 Å².